The lowest BCUT2D eigenvalue weighted by Gasteiger charge is -2.29. The van der Waals surface area contributed by atoms with Gasteiger partial charge in [-0.25, -0.2) is 0 Å². The van der Waals surface area contributed by atoms with E-state index in [9.17, 15) is 5.11 Å². The van der Waals surface area contributed by atoms with Crippen molar-refractivity contribution in [1.82, 2.24) is 9.78 Å². The van der Waals surface area contributed by atoms with Crippen molar-refractivity contribution in [2.45, 2.75) is 51.7 Å². The zero-order chi connectivity index (χ0) is 14.8. The number of aliphatic hydroxyl groups is 1. The third-order valence-corrected chi connectivity index (χ3v) is 4.78. The molecule has 0 saturated heterocycles. The third-order valence-electron chi connectivity index (χ3n) is 4.78. The number of nitrogens with zero attached hydrogens (tertiary/aromatic N) is 2. The van der Waals surface area contributed by atoms with E-state index in [-0.39, 0.29) is 12.0 Å². The number of fused-ring (bicyclic) bond motifs is 1. The molecule has 112 valence electrons. The lowest BCUT2D eigenvalue weighted by Crippen LogP contribution is -2.22. The van der Waals surface area contributed by atoms with Crippen LogP contribution >= 0.6 is 0 Å². The maximum absolute atomic E-state index is 10.6. The van der Waals surface area contributed by atoms with Gasteiger partial charge in [0, 0.05) is 12.2 Å². The Morgan fingerprint density at radius 3 is 2.95 bits per heavy atom. The smallest absolute Gasteiger partial charge is 0.0824 e. The molecule has 1 heterocycles. The molecule has 0 aliphatic heterocycles. The van der Waals surface area contributed by atoms with Gasteiger partial charge in [-0.2, -0.15) is 5.10 Å². The lowest BCUT2D eigenvalue weighted by atomic mass is 9.79. The summed E-state index contributed by atoms with van der Waals surface area (Å²) in [5.41, 5.74) is 3.50. The summed E-state index contributed by atoms with van der Waals surface area (Å²) in [6, 6.07) is 10.8. The van der Waals surface area contributed by atoms with Crippen LogP contribution in [0.15, 0.2) is 36.5 Å². The minimum atomic E-state index is -0.358. The molecule has 0 spiro atoms. The van der Waals surface area contributed by atoms with E-state index in [0.29, 0.717) is 6.04 Å². The first-order valence-corrected chi connectivity index (χ1v) is 7.99. The van der Waals surface area contributed by atoms with E-state index in [2.05, 4.69) is 49.4 Å². The molecule has 3 nitrogen and oxygen atoms in total. The normalized spacial score (nSPS) is 22.8. The molecule has 0 amide bonds. The summed E-state index contributed by atoms with van der Waals surface area (Å²) in [7, 11) is 0. The summed E-state index contributed by atoms with van der Waals surface area (Å²) in [4.78, 5) is 0. The standard InChI is InChI=1S/C18H24N2O/c1-3-13(2)20-11-10-16(19-20)12-15-9-8-14-6-4-5-7-17(14)18(15)21/h4-7,10-11,13,15,18,21H,3,8-9,12H2,1-2H3. The van der Waals surface area contributed by atoms with Crippen molar-refractivity contribution in [2.75, 3.05) is 0 Å². The van der Waals surface area contributed by atoms with Gasteiger partial charge in [0.2, 0.25) is 0 Å². The number of rotatable bonds is 4. The molecule has 21 heavy (non-hydrogen) atoms. The van der Waals surface area contributed by atoms with E-state index in [1.807, 2.05) is 10.7 Å². The van der Waals surface area contributed by atoms with E-state index < -0.39 is 0 Å². The molecule has 3 heteroatoms. The van der Waals surface area contributed by atoms with Crippen LogP contribution in [0, 0.1) is 5.92 Å². The Bertz CT molecular complexity index is 605. The molecule has 1 aliphatic rings. The number of benzene rings is 1. The van der Waals surface area contributed by atoms with Crippen molar-refractivity contribution in [2.24, 2.45) is 5.92 Å². The maximum atomic E-state index is 10.6. The van der Waals surface area contributed by atoms with Gasteiger partial charge in [0.1, 0.15) is 0 Å². The molecule has 0 saturated carbocycles. The highest BCUT2D eigenvalue weighted by atomic mass is 16.3. The minimum absolute atomic E-state index is 0.278. The molecule has 0 radical (unpaired) electrons. The predicted octanol–water partition coefficient (Wildman–Crippen LogP) is 3.69. The summed E-state index contributed by atoms with van der Waals surface area (Å²) in [5, 5.41) is 15.3. The number of hydrogen-bond acceptors (Lipinski definition) is 2. The van der Waals surface area contributed by atoms with Gasteiger partial charge in [0.25, 0.3) is 0 Å². The molecule has 0 fully saturated rings. The summed E-state index contributed by atoms with van der Waals surface area (Å²) in [6.45, 7) is 4.36. The Morgan fingerprint density at radius 1 is 1.33 bits per heavy atom. The number of aliphatic hydroxyl groups excluding tert-OH is 1. The van der Waals surface area contributed by atoms with Crippen LogP contribution in [0.1, 0.15) is 55.7 Å². The number of aryl methyl sites for hydroxylation is 1. The summed E-state index contributed by atoms with van der Waals surface area (Å²) in [5.74, 6) is 0.278. The number of hydrogen-bond donors (Lipinski definition) is 1. The van der Waals surface area contributed by atoms with Crippen molar-refractivity contribution >= 4 is 0 Å². The Balaban J connectivity index is 1.73. The Morgan fingerprint density at radius 2 is 2.14 bits per heavy atom. The molecule has 0 bridgehead atoms. The average molecular weight is 284 g/mol. The largest absolute Gasteiger partial charge is 0.388 e. The summed E-state index contributed by atoms with van der Waals surface area (Å²) < 4.78 is 2.04. The van der Waals surface area contributed by atoms with Crippen molar-refractivity contribution in [3.8, 4) is 0 Å². The second kappa shape index (κ2) is 6.02. The second-order valence-corrected chi connectivity index (χ2v) is 6.19. The highest BCUT2D eigenvalue weighted by Gasteiger charge is 2.28. The van der Waals surface area contributed by atoms with Gasteiger partial charge < -0.3 is 5.11 Å². The van der Waals surface area contributed by atoms with Crippen LogP contribution in [0.3, 0.4) is 0 Å². The maximum Gasteiger partial charge on any atom is 0.0824 e. The van der Waals surface area contributed by atoms with Gasteiger partial charge in [0.15, 0.2) is 0 Å². The quantitative estimate of drug-likeness (QED) is 0.929. The Labute approximate surface area is 126 Å². The Kier molecular flexibility index (Phi) is 4.11. The van der Waals surface area contributed by atoms with Crippen LogP contribution in [0.4, 0.5) is 0 Å². The monoisotopic (exact) mass is 284 g/mol. The van der Waals surface area contributed by atoms with Gasteiger partial charge in [-0.1, -0.05) is 31.2 Å². The van der Waals surface area contributed by atoms with E-state index in [4.69, 9.17) is 0 Å². The van der Waals surface area contributed by atoms with E-state index in [0.717, 1.165) is 36.9 Å². The van der Waals surface area contributed by atoms with Gasteiger partial charge in [-0.3, -0.25) is 4.68 Å². The van der Waals surface area contributed by atoms with Crippen LogP contribution in [-0.2, 0) is 12.8 Å². The average Bonchev–Trinajstić information content (AvgIpc) is 2.98. The highest BCUT2D eigenvalue weighted by molar-refractivity contribution is 5.32. The second-order valence-electron chi connectivity index (χ2n) is 6.19. The molecule has 1 aromatic heterocycles. The molecule has 3 unspecified atom stereocenters. The first-order valence-electron chi connectivity index (χ1n) is 7.99. The van der Waals surface area contributed by atoms with Gasteiger partial charge in [-0.15, -0.1) is 0 Å². The molecule has 1 aromatic carbocycles. The minimum Gasteiger partial charge on any atom is -0.388 e. The first kappa shape index (κ1) is 14.3. The fourth-order valence-corrected chi connectivity index (χ4v) is 3.20. The van der Waals surface area contributed by atoms with Crippen LogP contribution < -0.4 is 0 Å². The van der Waals surface area contributed by atoms with E-state index >= 15 is 0 Å². The fraction of sp³-hybridized carbons (Fsp3) is 0.500. The molecular weight excluding hydrogens is 260 g/mol. The highest BCUT2D eigenvalue weighted by Crippen LogP contribution is 2.35. The molecule has 1 N–H and O–H groups in total. The fourth-order valence-electron chi connectivity index (χ4n) is 3.20. The predicted molar refractivity (Wildman–Crippen MR) is 84.1 cm³/mol. The van der Waals surface area contributed by atoms with E-state index in [1.165, 1.54) is 5.56 Å². The zero-order valence-corrected chi connectivity index (χ0v) is 12.9. The number of aromatic nitrogens is 2. The lowest BCUT2D eigenvalue weighted by molar-refractivity contribution is 0.0930. The summed E-state index contributed by atoms with van der Waals surface area (Å²) in [6.07, 6.45) is 5.74. The van der Waals surface area contributed by atoms with Gasteiger partial charge >= 0.3 is 0 Å². The Hall–Kier alpha value is -1.61. The zero-order valence-electron chi connectivity index (χ0n) is 12.9. The van der Waals surface area contributed by atoms with Crippen molar-refractivity contribution in [1.29, 1.82) is 0 Å². The van der Waals surface area contributed by atoms with Crippen LogP contribution in [0.2, 0.25) is 0 Å². The third kappa shape index (κ3) is 2.88. The van der Waals surface area contributed by atoms with Gasteiger partial charge in [0.05, 0.1) is 11.8 Å². The molecule has 2 aromatic rings. The topological polar surface area (TPSA) is 38.0 Å². The van der Waals surface area contributed by atoms with Crippen molar-refractivity contribution < 1.29 is 5.11 Å². The van der Waals surface area contributed by atoms with Crippen LogP contribution in [-0.4, -0.2) is 14.9 Å². The van der Waals surface area contributed by atoms with Crippen LogP contribution in [0.25, 0.3) is 0 Å². The first-order chi connectivity index (χ1) is 10.2. The SMILES string of the molecule is CCC(C)n1ccc(CC2CCc3ccccc3C2O)n1. The molecule has 3 atom stereocenters. The van der Waals surface area contributed by atoms with Crippen LogP contribution in [0.5, 0.6) is 0 Å². The molecule has 1 aliphatic carbocycles. The molecular formula is C18H24N2O. The van der Waals surface area contributed by atoms with Gasteiger partial charge in [-0.05, 0) is 55.7 Å². The van der Waals surface area contributed by atoms with E-state index in [1.54, 1.807) is 0 Å². The van der Waals surface area contributed by atoms with Crippen molar-refractivity contribution in [3.05, 3.63) is 53.3 Å². The van der Waals surface area contributed by atoms with Crippen molar-refractivity contribution in [3.63, 3.8) is 0 Å². The summed E-state index contributed by atoms with van der Waals surface area (Å²) >= 11 is 0. The molecule has 3 rings (SSSR count).